The van der Waals surface area contributed by atoms with Crippen molar-refractivity contribution < 1.29 is 36.2 Å². The maximum Gasteiger partial charge on any atom is 0.416 e. The van der Waals surface area contributed by atoms with E-state index in [1.807, 2.05) is 0 Å². The maximum atomic E-state index is 12.9. The average Bonchev–Trinajstić information content (AvgIpc) is 2.53. The van der Waals surface area contributed by atoms with E-state index in [2.05, 4.69) is 25.9 Å². The van der Waals surface area contributed by atoms with E-state index in [1.54, 1.807) is 0 Å². The highest BCUT2D eigenvalue weighted by molar-refractivity contribution is 9.12. The van der Waals surface area contributed by atoms with Crippen LogP contribution in [0.4, 0.5) is 26.3 Å². The summed E-state index contributed by atoms with van der Waals surface area (Å²) in [6.07, 6.45) is -7.88. The molecule has 0 saturated heterocycles. The summed E-state index contributed by atoms with van der Waals surface area (Å²) in [7, 11) is 0. The maximum absolute atomic E-state index is 12.9. The standard InChI is InChI=1S/C15H7BrF6N2O2/c16-11(13(25)26)6-10-1-2-23-12(24-10)7-3-8(14(17,18)19)5-9(4-7)15(20,21)22/h1-6H,(H,25,26). The Morgan fingerprint density at radius 1 is 1.04 bits per heavy atom. The van der Waals surface area contributed by atoms with Crippen LogP contribution in [0.3, 0.4) is 0 Å². The number of halogens is 7. The van der Waals surface area contributed by atoms with E-state index in [4.69, 9.17) is 5.11 Å². The molecular formula is C15H7BrF6N2O2. The predicted molar refractivity (Wildman–Crippen MR) is 82.0 cm³/mol. The van der Waals surface area contributed by atoms with Crippen LogP contribution >= 0.6 is 15.9 Å². The molecule has 11 heteroatoms. The van der Waals surface area contributed by atoms with E-state index in [0.717, 1.165) is 12.3 Å². The Morgan fingerprint density at radius 3 is 2.04 bits per heavy atom. The van der Waals surface area contributed by atoms with Gasteiger partial charge in [0.05, 0.1) is 16.8 Å². The minimum atomic E-state index is -5.00. The first-order valence-electron chi connectivity index (χ1n) is 6.61. The number of rotatable bonds is 3. The van der Waals surface area contributed by atoms with Crippen molar-refractivity contribution in [1.82, 2.24) is 9.97 Å². The average molecular weight is 441 g/mol. The number of carboxylic acids is 1. The lowest BCUT2D eigenvalue weighted by Gasteiger charge is -2.13. The van der Waals surface area contributed by atoms with Gasteiger partial charge in [0.2, 0.25) is 0 Å². The molecule has 4 nitrogen and oxygen atoms in total. The third kappa shape index (κ3) is 4.81. The molecule has 1 aromatic carbocycles. The molecule has 1 aromatic heterocycles. The zero-order valence-corrected chi connectivity index (χ0v) is 13.9. The van der Waals surface area contributed by atoms with Gasteiger partial charge in [-0.25, -0.2) is 14.8 Å². The van der Waals surface area contributed by atoms with E-state index >= 15 is 0 Å². The molecule has 0 aliphatic rings. The summed E-state index contributed by atoms with van der Waals surface area (Å²) in [6, 6.07) is 2.22. The van der Waals surface area contributed by atoms with Crippen LogP contribution in [-0.2, 0) is 17.1 Å². The number of nitrogens with zero attached hydrogens (tertiary/aromatic N) is 2. The first kappa shape index (κ1) is 19.9. The lowest BCUT2D eigenvalue weighted by molar-refractivity contribution is -0.143. The van der Waals surface area contributed by atoms with Gasteiger partial charge in [0.1, 0.15) is 4.48 Å². The molecule has 0 aliphatic heterocycles. The SMILES string of the molecule is O=C(O)C(Br)=Cc1ccnc(-c2cc(C(F)(F)F)cc(C(F)(F)F)c2)n1. The Kier molecular flexibility index (Phi) is 5.40. The van der Waals surface area contributed by atoms with Crippen molar-refractivity contribution in [2.75, 3.05) is 0 Å². The van der Waals surface area contributed by atoms with Crippen molar-refractivity contribution in [3.63, 3.8) is 0 Å². The highest BCUT2D eigenvalue weighted by Gasteiger charge is 2.37. The zero-order valence-electron chi connectivity index (χ0n) is 12.4. The molecule has 0 saturated carbocycles. The molecule has 2 rings (SSSR count). The Morgan fingerprint density at radius 2 is 1.58 bits per heavy atom. The van der Waals surface area contributed by atoms with E-state index in [1.165, 1.54) is 6.07 Å². The zero-order chi connectivity index (χ0) is 19.7. The van der Waals surface area contributed by atoms with Crippen LogP contribution in [0.2, 0.25) is 0 Å². The first-order valence-corrected chi connectivity index (χ1v) is 7.40. The van der Waals surface area contributed by atoms with E-state index in [-0.39, 0.29) is 16.2 Å². The van der Waals surface area contributed by atoms with Gasteiger partial charge in [0.25, 0.3) is 0 Å². The molecule has 0 amide bonds. The number of aromatic nitrogens is 2. The van der Waals surface area contributed by atoms with Crippen molar-refractivity contribution in [2.24, 2.45) is 0 Å². The van der Waals surface area contributed by atoms with Crippen molar-refractivity contribution in [3.8, 4) is 11.4 Å². The first-order chi connectivity index (χ1) is 11.9. The van der Waals surface area contributed by atoms with Crippen LogP contribution in [0, 0.1) is 0 Å². The van der Waals surface area contributed by atoms with Gasteiger partial charge in [0.15, 0.2) is 5.82 Å². The van der Waals surface area contributed by atoms with Gasteiger partial charge in [-0.15, -0.1) is 0 Å². The smallest absolute Gasteiger partial charge is 0.416 e. The fraction of sp³-hybridized carbons (Fsp3) is 0.133. The second-order valence-electron chi connectivity index (χ2n) is 4.90. The van der Waals surface area contributed by atoms with Crippen LogP contribution in [0.1, 0.15) is 16.8 Å². The second-order valence-corrected chi connectivity index (χ2v) is 5.75. The van der Waals surface area contributed by atoms with Crippen molar-refractivity contribution in [1.29, 1.82) is 0 Å². The topological polar surface area (TPSA) is 63.1 Å². The van der Waals surface area contributed by atoms with Crippen LogP contribution < -0.4 is 0 Å². The van der Waals surface area contributed by atoms with Crippen LogP contribution in [0.15, 0.2) is 34.9 Å². The summed E-state index contributed by atoms with van der Waals surface area (Å²) < 4.78 is 77.1. The lowest BCUT2D eigenvalue weighted by atomic mass is 10.0. The third-order valence-electron chi connectivity index (χ3n) is 3.00. The van der Waals surface area contributed by atoms with Gasteiger partial charge in [-0.3, -0.25) is 0 Å². The van der Waals surface area contributed by atoms with E-state index < -0.39 is 40.8 Å². The molecule has 1 heterocycles. The molecule has 0 atom stereocenters. The Hall–Kier alpha value is -2.43. The predicted octanol–water partition coefficient (Wildman–Crippen LogP) is 5.00. The number of carboxylic acid groups (broad SMARTS) is 1. The summed E-state index contributed by atoms with van der Waals surface area (Å²) in [5.74, 6) is -1.75. The lowest BCUT2D eigenvalue weighted by Crippen LogP contribution is -2.11. The van der Waals surface area contributed by atoms with Gasteiger partial charge < -0.3 is 5.11 Å². The molecule has 0 fully saturated rings. The summed E-state index contributed by atoms with van der Waals surface area (Å²) >= 11 is 2.74. The van der Waals surface area contributed by atoms with Crippen LogP contribution in [0.25, 0.3) is 17.5 Å². The van der Waals surface area contributed by atoms with Gasteiger partial charge in [-0.05, 0) is 46.3 Å². The molecular weight excluding hydrogens is 434 g/mol. The van der Waals surface area contributed by atoms with Crippen LogP contribution in [0.5, 0.6) is 0 Å². The molecule has 0 bridgehead atoms. The Bertz CT molecular complexity index is 845. The molecule has 0 aliphatic carbocycles. The molecule has 0 unspecified atom stereocenters. The molecule has 0 spiro atoms. The van der Waals surface area contributed by atoms with Crippen molar-refractivity contribution >= 4 is 28.0 Å². The molecule has 2 aromatic rings. The summed E-state index contributed by atoms with van der Waals surface area (Å²) in [6.45, 7) is 0. The van der Waals surface area contributed by atoms with Crippen molar-refractivity contribution in [3.05, 3.63) is 51.8 Å². The minimum absolute atomic E-state index is 0.00568. The number of hydrogen-bond acceptors (Lipinski definition) is 3. The van der Waals surface area contributed by atoms with Gasteiger partial charge in [-0.1, -0.05) is 0 Å². The summed E-state index contributed by atoms with van der Waals surface area (Å²) in [5, 5.41) is 8.77. The molecule has 0 radical (unpaired) electrons. The molecule has 26 heavy (non-hydrogen) atoms. The fourth-order valence-corrected chi connectivity index (χ4v) is 2.10. The second kappa shape index (κ2) is 7.06. The summed E-state index contributed by atoms with van der Waals surface area (Å²) in [4.78, 5) is 18.2. The Labute approximate surface area is 150 Å². The van der Waals surface area contributed by atoms with Crippen molar-refractivity contribution in [2.45, 2.75) is 12.4 Å². The number of hydrogen-bond donors (Lipinski definition) is 1. The minimum Gasteiger partial charge on any atom is -0.477 e. The summed E-state index contributed by atoms with van der Waals surface area (Å²) in [5.41, 5.74) is -3.53. The molecule has 138 valence electrons. The largest absolute Gasteiger partial charge is 0.477 e. The van der Waals surface area contributed by atoms with Gasteiger partial charge in [0, 0.05) is 11.8 Å². The number of benzene rings is 1. The van der Waals surface area contributed by atoms with Gasteiger partial charge in [-0.2, -0.15) is 26.3 Å². The number of carbonyl (C=O) groups is 1. The van der Waals surface area contributed by atoms with Gasteiger partial charge >= 0.3 is 18.3 Å². The third-order valence-corrected chi connectivity index (χ3v) is 3.57. The number of aliphatic carboxylic acids is 1. The normalized spacial score (nSPS) is 13.0. The monoisotopic (exact) mass is 440 g/mol. The Balaban J connectivity index is 2.61. The van der Waals surface area contributed by atoms with E-state index in [9.17, 15) is 31.1 Å². The number of alkyl halides is 6. The quantitative estimate of drug-likeness (QED) is 0.538. The highest BCUT2D eigenvalue weighted by atomic mass is 79.9. The van der Waals surface area contributed by atoms with Crippen LogP contribution in [-0.4, -0.2) is 21.0 Å². The van der Waals surface area contributed by atoms with E-state index in [0.29, 0.717) is 12.1 Å². The highest BCUT2D eigenvalue weighted by Crippen LogP contribution is 2.38. The molecule has 1 N–H and O–H groups in total. The fourth-order valence-electron chi connectivity index (χ4n) is 1.87.